The maximum atomic E-state index is 11.4. The Morgan fingerprint density at radius 1 is 1.45 bits per heavy atom. The van der Waals surface area contributed by atoms with Crippen molar-refractivity contribution in [1.29, 1.82) is 0 Å². The van der Waals surface area contributed by atoms with Crippen LogP contribution < -0.4 is 16.4 Å². The zero-order valence-electron chi connectivity index (χ0n) is 6.39. The van der Waals surface area contributed by atoms with E-state index >= 15 is 0 Å². The summed E-state index contributed by atoms with van der Waals surface area (Å²) in [4.78, 5) is 11.4. The second-order valence-corrected chi connectivity index (χ2v) is 3.24. The number of nitrogens with one attached hydrogen (secondary N) is 2. The zero-order chi connectivity index (χ0) is 7.73. The number of hydrogen-bond donors (Lipinski definition) is 2. The van der Waals surface area contributed by atoms with Gasteiger partial charge in [0.1, 0.15) is 5.54 Å². The van der Waals surface area contributed by atoms with Gasteiger partial charge in [0, 0.05) is 13.0 Å². The van der Waals surface area contributed by atoms with Crippen LogP contribution in [0.15, 0.2) is 0 Å². The van der Waals surface area contributed by atoms with E-state index in [0.29, 0.717) is 18.7 Å². The molecule has 4 heteroatoms. The van der Waals surface area contributed by atoms with Crippen molar-refractivity contribution >= 4 is 5.78 Å². The van der Waals surface area contributed by atoms with Crippen LogP contribution in [-0.2, 0) is 4.79 Å². The monoisotopic (exact) mass is 154 g/mol. The Hall–Kier alpha value is -0.450. The summed E-state index contributed by atoms with van der Waals surface area (Å²) < 4.78 is 0. The van der Waals surface area contributed by atoms with Crippen molar-refractivity contribution in [2.75, 3.05) is 6.54 Å². The van der Waals surface area contributed by atoms with Gasteiger partial charge in [0.25, 0.3) is 0 Å². The molecule has 0 amide bonds. The third-order valence-corrected chi connectivity index (χ3v) is 2.49. The summed E-state index contributed by atoms with van der Waals surface area (Å²) >= 11 is 0. The fourth-order valence-corrected chi connectivity index (χ4v) is 1.75. The van der Waals surface area contributed by atoms with Gasteiger partial charge in [-0.3, -0.25) is 4.79 Å². The minimum atomic E-state index is -0.405. The van der Waals surface area contributed by atoms with Gasteiger partial charge in [-0.05, 0) is 12.8 Å². The van der Waals surface area contributed by atoms with Crippen molar-refractivity contribution in [2.45, 2.75) is 31.2 Å². The molecule has 1 aliphatic heterocycles. The van der Waals surface area contributed by atoms with Crippen LogP contribution in [0.3, 0.4) is 0 Å². The van der Waals surface area contributed by atoms with Crippen LogP contribution in [0.2, 0.25) is 0 Å². The van der Waals surface area contributed by atoms with Gasteiger partial charge in [-0.2, -0.15) is 5.53 Å². The maximum Gasteiger partial charge on any atom is 0.157 e. The predicted molar refractivity (Wildman–Crippen MR) is 39.5 cm³/mol. The predicted octanol–water partition coefficient (Wildman–Crippen LogP) is -0.505. The second kappa shape index (κ2) is 2.55. The molecule has 1 heterocycles. The average molecular weight is 154 g/mol. The van der Waals surface area contributed by atoms with Crippen LogP contribution in [0, 0.1) is 0 Å². The van der Waals surface area contributed by atoms with E-state index in [-0.39, 0.29) is 0 Å². The van der Waals surface area contributed by atoms with E-state index in [9.17, 15) is 4.79 Å². The number of hydrogen-bond acceptors (Lipinski definition) is 3. The van der Waals surface area contributed by atoms with Gasteiger partial charge in [0.15, 0.2) is 5.78 Å². The molecular formula is C7H12N3O. The number of Topliss-reactive ketones (excluding diaryl/α,β-unsaturated/α-hetero) is 1. The summed E-state index contributed by atoms with van der Waals surface area (Å²) in [5, 5.41) is 0. The third-order valence-electron chi connectivity index (χ3n) is 2.49. The number of carbonyl (C=O) groups is 1. The van der Waals surface area contributed by atoms with E-state index in [1.165, 1.54) is 0 Å². The van der Waals surface area contributed by atoms with Crippen molar-refractivity contribution in [3.63, 3.8) is 0 Å². The van der Waals surface area contributed by atoms with Crippen LogP contribution in [0.4, 0.5) is 0 Å². The quantitative estimate of drug-likeness (QED) is 0.494. The van der Waals surface area contributed by atoms with Crippen LogP contribution in [-0.4, -0.2) is 17.9 Å². The molecular weight excluding hydrogens is 142 g/mol. The van der Waals surface area contributed by atoms with E-state index in [4.69, 9.17) is 0 Å². The number of nitrogens with zero attached hydrogens (tertiary/aromatic N) is 1. The van der Waals surface area contributed by atoms with E-state index in [1.807, 2.05) is 0 Å². The van der Waals surface area contributed by atoms with E-state index in [1.54, 1.807) is 0 Å². The molecule has 1 saturated heterocycles. The Labute approximate surface area is 65.7 Å². The minimum absolute atomic E-state index is 0.293. The molecule has 1 atom stereocenters. The van der Waals surface area contributed by atoms with E-state index in [0.717, 1.165) is 19.3 Å². The first-order valence-corrected chi connectivity index (χ1v) is 4.07. The van der Waals surface area contributed by atoms with Crippen molar-refractivity contribution in [2.24, 2.45) is 0 Å². The smallest absolute Gasteiger partial charge is 0.157 e. The lowest BCUT2D eigenvalue weighted by atomic mass is 9.81. The highest BCUT2D eigenvalue weighted by Crippen LogP contribution is 2.26. The first-order valence-electron chi connectivity index (χ1n) is 4.07. The molecule has 4 nitrogen and oxygen atoms in total. The average Bonchev–Trinajstić information content (AvgIpc) is 2.46. The van der Waals surface area contributed by atoms with Crippen molar-refractivity contribution < 1.29 is 4.79 Å². The Balaban J connectivity index is 2.13. The highest BCUT2D eigenvalue weighted by atomic mass is 16.1. The highest BCUT2D eigenvalue weighted by Gasteiger charge is 2.43. The van der Waals surface area contributed by atoms with Crippen molar-refractivity contribution in [3.05, 3.63) is 0 Å². The molecule has 1 saturated carbocycles. The molecule has 1 unspecified atom stereocenters. The van der Waals surface area contributed by atoms with E-state index in [2.05, 4.69) is 16.4 Å². The molecule has 0 aromatic carbocycles. The zero-order valence-corrected chi connectivity index (χ0v) is 6.39. The molecule has 2 fully saturated rings. The summed E-state index contributed by atoms with van der Waals surface area (Å²) in [7, 11) is 0. The largest absolute Gasteiger partial charge is 0.297 e. The van der Waals surface area contributed by atoms with E-state index < -0.39 is 5.54 Å². The first-order chi connectivity index (χ1) is 5.33. The molecule has 2 rings (SSSR count). The van der Waals surface area contributed by atoms with Gasteiger partial charge in [-0.15, -0.1) is 5.43 Å². The van der Waals surface area contributed by atoms with Crippen LogP contribution in [0.25, 0.3) is 0 Å². The number of ketones is 1. The fraction of sp³-hybridized carbons (Fsp3) is 0.857. The molecule has 0 bridgehead atoms. The molecule has 1 spiro atoms. The standard InChI is InChI=1S/C7H12N3O/c11-6-3-1-2-4-7(6)5-8-10-9-7/h8,10H,1-5H2. The summed E-state index contributed by atoms with van der Waals surface area (Å²) in [5.74, 6) is 0.293. The van der Waals surface area contributed by atoms with Gasteiger partial charge in [-0.1, -0.05) is 6.42 Å². The summed E-state index contributed by atoms with van der Waals surface area (Å²) in [6.45, 7) is 0.672. The lowest BCUT2D eigenvalue weighted by Crippen LogP contribution is -2.49. The molecule has 0 aromatic rings. The first kappa shape index (κ1) is 7.21. The number of hydrazine groups is 1. The minimum Gasteiger partial charge on any atom is -0.297 e. The number of carbonyl (C=O) groups excluding carboxylic acids is 1. The molecule has 0 aromatic heterocycles. The molecule has 11 heavy (non-hydrogen) atoms. The summed E-state index contributed by atoms with van der Waals surface area (Å²) in [6.07, 6.45) is 3.77. The van der Waals surface area contributed by atoms with Crippen molar-refractivity contribution in [3.8, 4) is 0 Å². The highest BCUT2D eigenvalue weighted by molar-refractivity contribution is 5.89. The Bertz CT molecular complexity index is 175. The Kier molecular flexibility index (Phi) is 1.67. The normalized spacial score (nSPS) is 38.4. The molecule has 2 N–H and O–H groups in total. The second-order valence-electron chi connectivity index (χ2n) is 3.24. The fourth-order valence-electron chi connectivity index (χ4n) is 1.75. The molecule has 1 aliphatic carbocycles. The Morgan fingerprint density at radius 3 is 3.00 bits per heavy atom. The van der Waals surface area contributed by atoms with Crippen LogP contribution in [0.5, 0.6) is 0 Å². The number of rotatable bonds is 0. The Morgan fingerprint density at radius 2 is 2.36 bits per heavy atom. The lowest BCUT2D eigenvalue weighted by Gasteiger charge is -2.28. The van der Waals surface area contributed by atoms with Gasteiger partial charge >= 0.3 is 0 Å². The van der Waals surface area contributed by atoms with Gasteiger partial charge in [0.05, 0.1) is 0 Å². The topological polar surface area (TPSA) is 55.2 Å². The maximum absolute atomic E-state index is 11.4. The van der Waals surface area contributed by atoms with Gasteiger partial charge in [-0.25, -0.2) is 5.43 Å². The summed E-state index contributed by atoms with van der Waals surface area (Å²) in [6, 6.07) is 0. The lowest BCUT2D eigenvalue weighted by molar-refractivity contribution is -0.126. The molecule has 1 radical (unpaired) electrons. The molecule has 61 valence electrons. The molecule has 2 aliphatic rings. The van der Waals surface area contributed by atoms with Gasteiger partial charge in [0.2, 0.25) is 0 Å². The van der Waals surface area contributed by atoms with Crippen LogP contribution >= 0.6 is 0 Å². The van der Waals surface area contributed by atoms with Gasteiger partial charge < -0.3 is 0 Å². The van der Waals surface area contributed by atoms with Crippen LogP contribution in [0.1, 0.15) is 25.7 Å². The SMILES string of the molecule is O=C1CCCCC12CNN[N]2. The summed E-state index contributed by atoms with van der Waals surface area (Å²) in [5.41, 5.74) is 9.24. The third kappa shape index (κ3) is 1.07. The van der Waals surface area contributed by atoms with Crippen molar-refractivity contribution in [1.82, 2.24) is 16.4 Å².